The molecule has 3 aromatic heterocycles. The van der Waals surface area contributed by atoms with E-state index in [-0.39, 0.29) is 20.1 Å². The van der Waals surface area contributed by atoms with Gasteiger partial charge in [0.1, 0.15) is 4.83 Å². The Morgan fingerprint density at radius 3 is 2.00 bits per heavy atom. The third kappa shape index (κ3) is 7.99. The quantitative estimate of drug-likeness (QED) is 0.125. The van der Waals surface area contributed by atoms with Gasteiger partial charge in [0.05, 0.1) is 8.07 Å². The number of thiophene rings is 1. The van der Waals surface area contributed by atoms with E-state index in [9.17, 15) is 0 Å². The molecule has 0 amide bonds. The Hall–Kier alpha value is -3.21. The topological polar surface area (TPSA) is 25.8 Å². The summed E-state index contributed by atoms with van der Waals surface area (Å²) >= 11 is 1.73. The van der Waals surface area contributed by atoms with Crippen molar-refractivity contribution in [2.24, 2.45) is 5.92 Å². The molecule has 3 aromatic carbocycles. The Labute approximate surface area is 269 Å². The minimum Gasteiger partial charge on any atom is -0.305 e. The van der Waals surface area contributed by atoms with Gasteiger partial charge in [-0.05, 0) is 40.5 Å². The summed E-state index contributed by atoms with van der Waals surface area (Å²) in [5.74, 6) is 0.667. The molecule has 0 aliphatic rings. The molecule has 0 bridgehead atoms. The Morgan fingerprint density at radius 2 is 1.40 bits per heavy atom. The molecule has 0 spiro atoms. The van der Waals surface area contributed by atoms with Crippen molar-refractivity contribution in [2.45, 2.75) is 39.9 Å². The van der Waals surface area contributed by atoms with E-state index in [1.165, 1.54) is 26.6 Å². The first kappa shape index (κ1) is 31.7. The second-order valence-corrected chi connectivity index (χ2v) is 17.8. The van der Waals surface area contributed by atoms with Gasteiger partial charge in [0.2, 0.25) is 0 Å². The van der Waals surface area contributed by atoms with E-state index in [1.807, 2.05) is 48.5 Å². The van der Waals surface area contributed by atoms with Crippen molar-refractivity contribution >= 4 is 34.8 Å². The molecular formula is C37H36IrN2SSi-2. The zero-order valence-corrected chi connectivity index (χ0v) is 29.0. The van der Waals surface area contributed by atoms with Crippen LogP contribution in [-0.2, 0) is 26.5 Å². The van der Waals surface area contributed by atoms with E-state index in [0.717, 1.165) is 33.8 Å². The molecular weight excluding hydrogens is 725 g/mol. The molecule has 5 heteroatoms. The van der Waals surface area contributed by atoms with Gasteiger partial charge >= 0.3 is 0 Å². The van der Waals surface area contributed by atoms with Gasteiger partial charge in [0.25, 0.3) is 0 Å². The molecule has 1 radical (unpaired) electrons. The maximum Gasteiger partial charge on any atom is 0.113 e. The molecule has 0 atom stereocenters. The predicted molar refractivity (Wildman–Crippen MR) is 179 cm³/mol. The van der Waals surface area contributed by atoms with Gasteiger partial charge in [-0.2, -0.15) is 0 Å². The van der Waals surface area contributed by atoms with Crippen LogP contribution >= 0.6 is 11.3 Å². The zero-order valence-electron chi connectivity index (χ0n) is 24.8. The van der Waals surface area contributed by atoms with Gasteiger partial charge in [-0.25, -0.2) is 0 Å². The fourth-order valence-corrected chi connectivity index (χ4v) is 7.47. The molecule has 0 saturated carbocycles. The first-order chi connectivity index (χ1) is 19.8. The van der Waals surface area contributed by atoms with E-state index >= 15 is 0 Å². The number of pyridine rings is 2. The SMILES string of the molecule is CC(C)Cc1cc(-c2[c-]cccc2)ncc1[Si](C)(C)C.[Ir].[c-]1ccccc1-c1ccc2cc(-c3ccccc3)sc2n1. The number of rotatable bonds is 6. The van der Waals surface area contributed by atoms with Gasteiger partial charge < -0.3 is 4.98 Å². The Balaban J connectivity index is 0.000000189. The fourth-order valence-electron chi connectivity index (χ4n) is 4.85. The summed E-state index contributed by atoms with van der Waals surface area (Å²) < 4.78 is 0. The van der Waals surface area contributed by atoms with Crippen LogP contribution in [0.4, 0.5) is 0 Å². The maximum atomic E-state index is 4.78. The molecule has 6 rings (SSSR count). The Bertz CT molecular complexity index is 1670. The maximum absolute atomic E-state index is 4.78. The van der Waals surface area contributed by atoms with Crippen LogP contribution in [0.3, 0.4) is 0 Å². The second kappa shape index (κ2) is 14.3. The van der Waals surface area contributed by atoms with E-state index < -0.39 is 8.07 Å². The number of nitrogens with zero attached hydrogens (tertiary/aromatic N) is 2. The van der Waals surface area contributed by atoms with E-state index in [2.05, 4.69) is 111 Å². The standard InChI is InChI=1S/C19H12NS.C18H24NSi.Ir/c1-3-7-14(8-4-1)17-12-11-16-13-18(21-19(16)20-17)15-9-5-2-6-10-15;1-14(2)11-16-12-17(15-9-7-6-8-10-15)19-13-18(16)20(3,4)5;/h1-7,9-13H;6-9,12-14H,11H2,1-5H3;/q2*-1;. The first-order valence-corrected chi connectivity index (χ1v) is 18.5. The monoisotopic (exact) mass is 761 g/mol. The summed E-state index contributed by atoms with van der Waals surface area (Å²) in [7, 11) is -1.34. The van der Waals surface area contributed by atoms with Crippen LogP contribution in [0, 0.1) is 18.1 Å². The fraction of sp³-hybridized carbons (Fsp3) is 0.189. The zero-order chi connectivity index (χ0) is 28.8. The summed E-state index contributed by atoms with van der Waals surface area (Å²) in [5, 5.41) is 2.68. The Morgan fingerprint density at radius 1 is 0.762 bits per heavy atom. The predicted octanol–water partition coefficient (Wildman–Crippen LogP) is 9.72. The molecule has 42 heavy (non-hydrogen) atoms. The molecule has 0 N–H and O–H groups in total. The summed E-state index contributed by atoms with van der Waals surface area (Å²) in [4.78, 5) is 11.8. The molecule has 0 aliphatic carbocycles. The largest absolute Gasteiger partial charge is 0.305 e. The number of aromatic nitrogens is 2. The second-order valence-electron chi connectivity index (χ2n) is 11.7. The van der Waals surface area contributed by atoms with E-state index in [1.54, 1.807) is 11.3 Å². The number of hydrogen-bond acceptors (Lipinski definition) is 3. The first-order valence-electron chi connectivity index (χ1n) is 14.2. The van der Waals surface area contributed by atoms with Gasteiger partial charge in [-0.1, -0.05) is 87.6 Å². The summed E-state index contributed by atoms with van der Waals surface area (Å²) in [6, 6.07) is 41.7. The van der Waals surface area contributed by atoms with Crippen LogP contribution in [0.1, 0.15) is 19.4 Å². The minimum absolute atomic E-state index is 0. The van der Waals surface area contributed by atoms with Gasteiger partial charge in [-0.15, -0.1) is 83.1 Å². The molecule has 0 fully saturated rings. The summed E-state index contributed by atoms with van der Waals surface area (Å²) in [6.07, 6.45) is 3.24. The third-order valence-corrected chi connectivity index (χ3v) is 10.00. The van der Waals surface area contributed by atoms with Crippen LogP contribution < -0.4 is 5.19 Å². The van der Waals surface area contributed by atoms with Crippen LogP contribution in [0.5, 0.6) is 0 Å². The average Bonchev–Trinajstić information content (AvgIpc) is 3.42. The van der Waals surface area contributed by atoms with Crippen molar-refractivity contribution in [3.63, 3.8) is 0 Å². The van der Waals surface area contributed by atoms with Crippen molar-refractivity contribution in [1.82, 2.24) is 9.97 Å². The van der Waals surface area contributed by atoms with Gasteiger partial charge in [0, 0.05) is 36.6 Å². The third-order valence-electron chi connectivity index (χ3n) is 6.84. The minimum atomic E-state index is -1.34. The van der Waals surface area contributed by atoms with Gasteiger partial charge in [0.15, 0.2) is 0 Å². The molecule has 0 saturated heterocycles. The molecule has 0 aliphatic heterocycles. The Kier molecular flexibility index (Phi) is 10.8. The average molecular weight is 761 g/mol. The number of hydrogen-bond donors (Lipinski definition) is 0. The number of fused-ring (bicyclic) bond motifs is 1. The van der Waals surface area contributed by atoms with Crippen molar-refractivity contribution in [1.29, 1.82) is 0 Å². The molecule has 6 aromatic rings. The summed E-state index contributed by atoms with van der Waals surface area (Å²) in [5.41, 5.74) is 6.86. The van der Waals surface area contributed by atoms with Crippen molar-refractivity contribution in [2.75, 3.05) is 0 Å². The van der Waals surface area contributed by atoms with Crippen molar-refractivity contribution in [3.8, 4) is 33.0 Å². The van der Waals surface area contributed by atoms with Crippen LogP contribution in [0.2, 0.25) is 19.6 Å². The van der Waals surface area contributed by atoms with E-state index in [4.69, 9.17) is 4.98 Å². The van der Waals surface area contributed by atoms with Crippen LogP contribution in [0.25, 0.3) is 43.2 Å². The van der Waals surface area contributed by atoms with Gasteiger partial charge in [-0.3, -0.25) is 4.98 Å². The van der Waals surface area contributed by atoms with Crippen LogP contribution in [-0.4, -0.2) is 18.0 Å². The smallest absolute Gasteiger partial charge is 0.113 e. The van der Waals surface area contributed by atoms with E-state index in [0.29, 0.717) is 5.92 Å². The molecule has 2 nitrogen and oxygen atoms in total. The normalized spacial score (nSPS) is 11.1. The molecule has 215 valence electrons. The molecule has 3 heterocycles. The van der Waals surface area contributed by atoms with Crippen LogP contribution in [0.15, 0.2) is 109 Å². The summed E-state index contributed by atoms with van der Waals surface area (Å²) in [6.45, 7) is 11.7. The van der Waals surface area contributed by atoms with Crippen molar-refractivity contribution < 1.29 is 20.1 Å². The van der Waals surface area contributed by atoms with Crippen molar-refractivity contribution in [3.05, 3.63) is 127 Å². The number of benzene rings is 3. The molecule has 0 unspecified atom stereocenters.